The lowest BCUT2D eigenvalue weighted by atomic mass is 9.89. The van der Waals surface area contributed by atoms with E-state index in [1.165, 1.54) is 94.1 Å². The van der Waals surface area contributed by atoms with E-state index in [1.807, 2.05) is 0 Å². The molecule has 2 fully saturated rings. The fraction of sp³-hybridized carbons (Fsp3) is 0.727. The van der Waals surface area contributed by atoms with Gasteiger partial charge in [-0.2, -0.15) is 0 Å². The highest BCUT2D eigenvalue weighted by atomic mass is 15.3. The van der Waals surface area contributed by atoms with Crippen LogP contribution in [0, 0.1) is 5.92 Å². The van der Waals surface area contributed by atoms with E-state index in [0.29, 0.717) is 0 Å². The predicted molar refractivity (Wildman–Crippen MR) is 103 cm³/mol. The van der Waals surface area contributed by atoms with Gasteiger partial charge in [-0.25, -0.2) is 0 Å². The van der Waals surface area contributed by atoms with Crippen molar-refractivity contribution in [3.63, 3.8) is 0 Å². The van der Waals surface area contributed by atoms with Crippen LogP contribution in [0.2, 0.25) is 0 Å². The fourth-order valence-electron chi connectivity index (χ4n) is 4.69. The number of rotatable bonds is 7. The zero-order valence-corrected chi connectivity index (χ0v) is 15.8. The molecule has 0 N–H and O–H groups in total. The molecule has 24 heavy (non-hydrogen) atoms. The van der Waals surface area contributed by atoms with Crippen LogP contribution in [-0.2, 0) is 6.54 Å². The number of quaternary nitrogens is 1. The van der Waals surface area contributed by atoms with Crippen molar-refractivity contribution in [3.05, 3.63) is 35.9 Å². The Morgan fingerprint density at radius 3 is 2.29 bits per heavy atom. The van der Waals surface area contributed by atoms with Gasteiger partial charge in [-0.3, -0.25) is 4.90 Å². The van der Waals surface area contributed by atoms with Gasteiger partial charge in [0.25, 0.3) is 0 Å². The summed E-state index contributed by atoms with van der Waals surface area (Å²) in [7, 11) is 2.49. The minimum atomic E-state index is 0.939. The second-order valence-electron chi connectivity index (χ2n) is 8.58. The van der Waals surface area contributed by atoms with Gasteiger partial charge in [0.2, 0.25) is 0 Å². The molecule has 1 aromatic rings. The van der Waals surface area contributed by atoms with E-state index < -0.39 is 0 Å². The molecule has 0 amide bonds. The Kier molecular flexibility index (Phi) is 6.74. The van der Waals surface area contributed by atoms with Crippen molar-refractivity contribution < 1.29 is 4.48 Å². The molecule has 1 saturated heterocycles. The summed E-state index contributed by atoms with van der Waals surface area (Å²) in [6, 6.07) is 11.1. The van der Waals surface area contributed by atoms with Crippen molar-refractivity contribution in [2.75, 3.05) is 39.8 Å². The molecule has 3 rings (SSSR count). The van der Waals surface area contributed by atoms with Crippen LogP contribution in [0.4, 0.5) is 0 Å². The lowest BCUT2D eigenvalue weighted by Gasteiger charge is -2.40. The van der Waals surface area contributed by atoms with E-state index in [9.17, 15) is 0 Å². The first-order chi connectivity index (χ1) is 11.7. The zero-order valence-electron chi connectivity index (χ0n) is 15.8. The lowest BCUT2D eigenvalue weighted by molar-refractivity contribution is -0.913. The number of hydrogen-bond donors (Lipinski definition) is 0. The Bertz CT molecular complexity index is 458. The van der Waals surface area contributed by atoms with E-state index in [4.69, 9.17) is 0 Å². The quantitative estimate of drug-likeness (QED) is 0.655. The molecule has 0 bridgehead atoms. The molecule has 2 aliphatic rings. The zero-order chi connectivity index (χ0) is 16.7. The lowest BCUT2D eigenvalue weighted by Crippen LogP contribution is -2.51. The van der Waals surface area contributed by atoms with Crippen LogP contribution in [0.5, 0.6) is 0 Å². The van der Waals surface area contributed by atoms with Crippen molar-refractivity contribution in [2.45, 2.75) is 57.9 Å². The van der Waals surface area contributed by atoms with E-state index in [-0.39, 0.29) is 0 Å². The molecular weight excluding hydrogens is 292 g/mol. The SMILES string of the molecule is C[N+]1(CCN(Cc2ccccc2)CC2CCCCC2)CCCCC1. The fourth-order valence-corrected chi connectivity index (χ4v) is 4.69. The van der Waals surface area contributed by atoms with Gasteiger partial charge in [0.05, 0.1) is 26.7 Å². The molecule has 1 aromatic carbocycles. The second-order valence-corrected chi connectivity index (χ2v) is 8.58. The van der Waals surface area contributed by atoms with E-state index in [2.05, 4.69) is 42.3 Å². The van der Waals surface area contributed by atoms with Crippen LogP contribution >= 0.6 is 0 Å². The van der Waals surface area contributed by atoms with Gasteiger partial charge in [0, 0.05) is 19.6 Å². The molecular formula is C22H37N2+. The van der Waals surface area contributed by atoms with Gasteiger partial charge in [0.1, 0.15) is 0 Å². The average Bonchev–Trinajstić information content (AvgIpc) is 2.62. The maximum Gasteiger partial charge on any atom is 0.0913 e. The number of hydrogen-bond acceptors (Lipinski definition) is 1. The summed E-state index contributed by atoms with van der Waals surface area (Å²) < 4.78 is 1.30. The molecule has 134 valence electrons. The molecule has 2 nitrogen and oxygen atoms in total. The van der Waals surface area contributed by atoms with Crippen LogP contribution in [0.25, 0.3) is 0 Å². The topological polar surface area (TPSA) is 3.24 Å². The smallest absolute Gasteiger partial charge is 0.0913 e. The molecule has 0 atom stereocenters. The van der Waals surface area contributed by atoms with Crippen molar-refractivity contribution in [1.82, 2.24) is 4.90 Å². The van der Waals surface area contributed by atoms with Crippen LogP contribution in [0.15, 0.2) is 30.3 Å². The van der Waals surface area contributed by atoms with Crippen molar-refractivity contribution in [1.29, 1.82) is 0 Å². The molecule has 1 saturated carbocycles. The van der Waals surface area contributed by atoms with Crippen LogP contribution in [-0.4, -0.2) is 49.2 Å². The monoisotopic (exact) mass is 329 g/mol. The molecule has 1 aliphatic carbocycles. The highest BCUT2D eigenvalue weighted by molar-refractivity contribution is 5.14. The second kappa shape index (κ2) is 9.01. The number of benzene rings is 1. The summed E-state index contributed by atoms with van der Waals surface area (Å²) in [6.45, 7) is 7.83. The first kappa shape index (κ1) is 17.9. The highest BCUT2D eigenvalue weighted by Crippen LogP contribution is 2.25. The van der Waals surface area contributed by atoms with Crippen LogP contribution in [0.1, 0.15) is 56.9 Å². The third-order valence-electron chi connectivity index (χ3n) is 6.34. The molecule has 0 unspecified atom stereocenters. The Hall–Kier alpha value is -0.860. The predicted octanol–water partition coefficient (Wildman–Crippen LogP) is 4.70. The van der Waals surface area contributed by atoms with Crippen LogP contribution in [0.3, 0.4) is 0 Å². The Morgan fingerprint density at radius 1 is 0.917 bits per heavy atom. The number of likely N-dealkylation sites (tertiary alicyclic amines) is 1. The maximum atomic E-state index is 2.77. The molecule has 0 aromatic heterocycles. The van der Waals surface area contributed by atoms with E-state index in [0.717, 1.165) is 12.5 Å². The Labute approximate surface area is 149 Å². The largest absolute Gasteiger partial charge is 0.325 e. The maximum absolute atomic E-state index is 2.77. The molecule has 0 spiro atoms. The Morgan fingerprint density at radius 2 is 1.58 bits per heavy atom. The highest BCUT2D eigenvalue weighted by Gasteiger charge is 2.26. The average molecular weight is 330 g/mol. The number of nitrogens with zero attached hydrogens (tertiary/aromatic N) is 2. The molecule has 0 radical (unpaired) electrons. The molecule has 1 aliphatic heterocycles. The molecule has 2 heteroatoms. The van der Waals surface area contributed by atoms with Gasteiger partial charge in [0.15, 0.2) is 0 Å². The van der Waals surface area contributed by atoms with Gasteiger partial charge >= 0.3 is 0 Å². The summed E-state index contributed by atoms with van der Waals surface area (Å²) in [5, 5.41) is 0. The van der Waals surface area contributed by atoms with Gasteiger partial charge in [-0.05, 0) is 43.6 Å². The number of piperidine rings is 1. The minimum absolute atomic E-state index is 0.939. The van der Waals surface area contributed by atoms with Gasteiger partial charge in [-0.1, -0.05) is 49.6 Å². The standard InChI is InChI=1S/C22H37N2/c1-24(16-9-4-10-17-24)18-15-23(19-21-11-5-2-6-12-21)20-22-13-7-3-8-14-22/h2,5-6,11-12,22H,3-4,7-10,13-20H2,1H3/q+1. The third-order valence-corrected chi connectivity index (χ3v) is 6.34. The number of likely N-dealkylation sites (N-methyl/N-ethyl adjacent to an activating group) is 1. The van der Waals surface area contributed by atoms with E-state index in [1.54, 1.807) is 0 Å². The van der Waals surface area contributed by atoms with Crippen LogP contribution < -0.4 is 0 Å². The summed E-state index contributed by atoms with van der Waals surface area (Å²) in [6.07, 6.45) is 11.6. The van der Waals surface area contributed by atoms with Crippen molar-refractivity contribution >= 4 is 0 Å². The van der Waals surface area contributed by atoms with Crippen molar-refractivity contribution in [3.8, 4) is 0 Å². The molecule has 1 heterocycles. The minimum Gasteiger partial charge on any atom is -0.325 e. The summed E-state index contributed by atoms with van der Waals surface area (Å²) in [4.78, 5) is 2.77. The summed E-state index contributed by atoms with van der Waals surface area (Å²) >= 11 is 0. The van der Waals surface area contributed by atoms with Gasteiger partial charge < -0.3 is 4.48 Å². The third kappa shape index (κ3) is 5.60. The van der Waals surface area contributed by atoms with E-state index >= 15 is 0 Å². The summed E-state index contributed by atoms with van der Waals surface area (Å²) in [5.74, 6) is 0.939. The normalized spacial score (nSPS) is 21.9. The summed E-state index contributed by atoms with van der Waals surface area (Å²) in [5.41, 5.74) is 1.48. The Balaban J connectivity index is 1.57. The van der Waals surface area contributed by atoms with Crippen molar-refractivity contribution in [2.24, 2.45) is 5.92 Å². The first-order valence-electron chi connectivity index (χ1n) is 10.3. The first-order valence-corrected chi connectivity index (χ1v) is 10.3. The van der Waals surface area contributed by atoms with Gasteiger partial charge in [-0.15, -0.1) is 0 Å².